The van der Waals surface area contributed by atoms with Gasteiger partial charge >= 0.3 is 6.02 Å². The van der Waals surface area contributed by atoms with Gasteiger partial charge in [-0.1, -0.05) is 0 Å². The monoisotopic (exact) mass is 696 g/mol. The SMILES string of the molecule is N#CCC1(C2COC3CN(c4ccc(F)c5sc(N)c(C#N)c45)CC4N=C(OC[C@@]56CCCN5C/C(=C\F)C6)N=C(C43)N2CC(F)F)CC1. The third-order valence-electron chi connectivity index (χ3n) is 11.5. The molecule has 2 aromatic rings. The van der Waals surface area contributed by atoms with Crippen LogP contribution < -0.4 is 10.6 Å². The van der Waals surface area contributed by atoms with Crippen LogP contribution in [0.3, 0.4) is 0 Å². The number of hydrogen-bond acceptors (Lipinski definition) is 11. The number of piperidine rings is 1. The van der Waals surface area contributed by atoms with E-state index in [9.17, 15) is 28.1 Å². The van der Waals surface area contributed by atoms with Crippen molar-refractivity contribution in [2.75, 3.05) is 56.6 Å². The molecule has 1 aromatic heterocycles. The van der Waals surface area contributed by atoms with Gasteiger partial charge in [0.05, 0.1) is 65.5 Å². The normalized spacial score (nSPS) is 31.2. The van der Waals surface area contributed by atoms with E-state index in [-0.39, 0.29) is 40.9 Å². The van der Waals surface area contributed by atoms with Gasteiger partial charge in [0.25, 0.3) is 6.43 Å². The van der Waals surface area contributed by atoms with Gasteiger partial charge < -0.3 is 25.0 Å². The number of nitrogens with two attached hydrogens (primary N) is 1. The summed E-state index contributed by atoms with van der Waals surface area (Å²) < 4.78 is 70.7. The maximum absolute atomic E-state index is 15.0. The van der Waals surface area contributed by atoms with Crippen LogP contribution in [0.5, 0.6) is 0 Å². The summed E-state index contributed by atoms with van der Waals surface area (Å²) in [6.07, 6.45) is 1.43. The number of amidine groups is 2. The molecule has 49 heavy (non-hydrogen) atoms. The number of nitrogen functional groups attached to an aromatic ring is 1. The summed E-state index contributed by atoms with van der Waals surface area (Å²) >= 11 is 1.02. The number of halogens is 4. The molecule has 5 atom stereocenters. The van der Waals surface area contributed by atoms with Crippen molar-refractivity contribution in [3.8, 4) is 12.1 Å². The average molecular weight is 697 g/mol. The number of thiophene rings is 1. The van der Waals surface area contributed by atoms with Crippen molar-refractivity contribution < 1.29 is 27.0 Å². The number of rotatable bonds is 7. The predicted octanol–water partition coefficient (Wildman–Crippen LogP) is 5.20. The third kappa shape index (κ3) is 5.32. The number of anilines is 2. The van der Waals surface area contributed by atoms with Crippen LogP contribution in [-0.4, -0.2) is 97.7 Å². The minimum atomic E-state index is -2.67. The van der Waals surface area contributed by atoms with Crippen LogP contribution in [0.15, 0.2) is 34.0 Å². The molecule has 6 heterocycles. The Labute approximate surface area is 285 Å². The molecule has 0 spiro atoms. The summed E-state index contributed by atoms with van der Waals surface area (Å²) in [4.78, 5) is 15.7. The minimum absolute atomic E-state index is 0.0718. The van der Waals surface area contributed by atoms with Crippen LogP contribution in [0.25, 0.3) is 10.1 Å². The zero-order chi connectivity index (χ0) is 34.1. The number of nitrogens with zero attached hydrogens (tertiary/aromatic N) is 7. The lowest BCUT2D eigenvalue weighted by molar-refractivity contribution is -0.00429. The van der Waals surface area contributed by atoms with Crippen LogP contribution in [0.1, 0.15) is 44.1 Å². The number of benzene rings is 1. The second kappa shape index (κ2) is 12.1. The molecule has 5 fully saturated rings. The van der Waals surface area contributed by atoms with Gasteiger partial charge in [-0.05, 0) is 56.4 Å². The maximum atomic E-state index is 15.0. The van der Waals surface area contributed by atoms with Gasteiger partial charge in [-0.15, -0.1) is 11.3 Å². The van der Waals surface area contributed by atoms with Gasteiger partial charge in [-0.25, -0.2) is 22.6 Å². The summed E-state index contributed by atoms with van der Waals surface area (Å²) in [5, 5.41) is 20.3. The topological polar surface area (TPSA) is 126 Å². The molecule has 6 aliphatic rings. The molecule has 1 saturated carbocycles. The summed E-state index contributed by atoms with van der Waals surface area (Å²) in [5.41, 5.74) is 6.78. The van der Waals surface area contributed by atoms with Crippen molar-refractivity contribution in [3.63, 3.8) is 0 Å². The van der Waals surface area contributed by atoms with E-state index in [2.05, 4.69) is 17.0 Å². The smallest absolute Gasteiger partial charge is 0.313 e. The molecule has 8 rings (SSSR count). The first kappa shape index (κ1) is 32.3. The Kier molecular flexibility index (Phi) is 8.00. The zero-order valence-electron chi connectivity index (χ0n) is 26.8. The first-order valence-corrected chi connectivity index (χ1v) is 17.5. The summed E-state index contributed by atoms with van der Waals surface area (Å²) in [6, 6.07) is 6.40. The van der Waals surface area contributed by atoms with Gasteiger partial charge in [0.1, 0.15) is 29.3 Å². The van der Waals surface area contributed by atoms with Crippen LogP contribution in [-0.2, 0) is 9.47 Å². The Morgan fingerprint density at radius 3 is 2.80 bits per heavy atom. The van der Waals surface area contributed by atoms with Crippen molar-refractivity contribution in [1.29, 1.82) is 10.5 Å². The standard InChI is InChI=1S/C34H36F4N8O2S/c35-11-19-10-34(4-1-9-45(34)13-19)18-48-32-42-22-14-44(23-3-2-21(36)29-27(23)20(12-40)30(41)49-29)15-24-28(22)31(43-32)46(16-26(37)38)25(17-47-24)33(5-6-33)7-8-39/h2-3,11,22,24-26,28H,1,4-7,9-10,13-18,41H2/b19-11-/t22?,24?,25?,28?,34-/m0/s1. The van der Waals surface area contributed by atoms with Crippen molar-refractivity contribution >= 4 is 44.0 Å². The van der Waals surface area contributed by atoms with Gasteiger partial charge in [0.15, 0.2) is 0 Å². The summed E-state index contributed by atoms with van der Waals surface area (Å²) in [5.74, 6) is -0.545. The molecule has 2 N–H and O–H groups in total. The van der Waals surface area contributed by atoms with Crippen molar-refractivity contribution in [2.24, 2.45) is 21.3 Å². The van der Waals surface area contributed by atoms with E-state index in [1.165, 1.54) is 6.07 Å². The Morgan fingerprint density at radius 2 is 2.06 bits per heavy atom. The van der Waals surface area contributed by atoms with Crippen molar-refractivity contribution in [2.45, 2.75) is 68.7 Å². The van der Waals surface area contributed by atoms with Crippen LogP contribution in [0, 0.1) is 39.8 Å². The van der Waals surface area contributed by atoms with Crippen molar-refractivity contribution in [3.05, 3.63) is 35.4 Å². The lowest BCUT2D eigenvalue weighted by Gasteiger charge is -2.45. The summed E-state index contributed by atoms with van der Waals surface area (Å²) in [6.45, 7) is 1.73. The number of ether oxygens (including phenoxy) is 2. The Morgan fingerprint density at radius 1 is 1.22 bits per heavy atom. The Bertz CT molecular complexity index is 1850. The van der Waals surface area contributed by atoms with E-state index >= 15 is 0 Å². The Hall–Kier alpha value is -3.92. The number of alkyl halides is 2. The lowest BCUT2D eigenvalue weighted by atomic mass is 9.85. The van der Waals surface area contributed by atoms with E-state index in [4.69, 9.17) is 25.2 Å². The molecule has 0 amide bonds. The highest BCUT2D eigenvalue weighted by atomic mass is 32.1. The third-order valence-corrected chi connectivity index (χ3v) is 12.5. The van der Waals surface area contributed by atoms with Gasteiger partial charge in [-0.2, -0.15) is 15.5 Å². The van der Waals surface area contributed by atoms with Crippen LogP contribution in [0.2, 0.25) is 0 Å². The van der Waals surface area contributed by atoms with Gasteiger partial charge in [0.2, 0.25) is 0 Å². The zero-order valence-corrected chi connectivity index (χ0v) is 27.6. The highest BCUT2D eigenvalue weighted by Crippen LogP contribution is 2.55. The second-order valence-corrected chi connectivity index (χ2v) is 15.3. The van der Waals surface area contributed by atoms with Crippen LogP contribution >= 0.6 is 11.3 Å². The fraction of sp³-hybridized carbons (Fsp3) is 0.588. The largest absolute Gasteiger partial charge is 0.462 e. The number of aliphatic imine (C=N–C) groups is 2. The maximum Gasteiger partial charge on any atom is 0.313 e. The van der Waals surface area contributed by atoms with Gasteiger partial charge in [-0.3, -0.25) is 4.90 Å². The number of hydrogen-bond donors (Lipinski definition) is 1. The molecule has 4 saturated heterocycles. The quantitative estimate of drug-likeness (QED) is 0.392. The second-order valence-electron chi connectivity index (χ2n) is 14.2. The summed E-state index contributed by atoms with van der Waals surface area (Å²) in [7, 11) is 0. The minimum Gasteiger partial charge on any atom is -0.462 e. The molecule has 0 radical (unpaired) electrons. The molecular formula is C34H36F4N8O2S. The molecule has 258 valence electrons. The average Bonchev–Trinajstić information content (AvgIpc) is 3.49. The molecule has 4 unspecified atom stereocenters. The van der Waals surface area contributed by atoms with E-state index in [1.54, 1.807) is 11.0 Å². The predicted molar refractivity (Wildman–Crippen MR) is 177 cm³/mol. The number of fused-ring (bicyclic) bond motifs is 2. The van der Waals surface area contributed by atoms with E-state index in [0.29, 0.717) is 54.9 Å². The first-order valence-electron chi connectivity index (χ1n) is 16.7. The highest BCUT2D eigenvalue weighted by Gasteiger charge is 2.57. The molecule has 10 nitrogen and oxygen atoms in total. The van der Waals surface area contributed by atoms with Gasteiger partial charge in [0, 0.05) is 42.5 Å². The van der Waals surface area contributed by atoms with Crippen LogP contribution in [0.4, 0.5) is 28.3 Å². The fourth-order valence-electron chi connectivity index (χ4n) is 8.96. The van der Waals surface area contributed by atoms with E-state index < -0.39 is 53.8 Å². The molecule has 15 heteroatoms. The highest BCUT2D eigenvalue weighted by molar-refractivity contribution is 7.23. The molecule has 5 aliphatic heterocycles. The fourth-order valence-corrected chi connectivity index (χ4v) is 9.90. The molecule has 1 aromatic carbocycles. The van der Waals surface area contributed by atoms with Crippen molar-refractivity contribution in [1.82, 2.24) is 9.80 Å². The molecule has 0 bridgehead atoms. The molecular weight excluding hydrogens is 660 g/mol. The van der Waals surface area contributed by atoms with E-state index in [1.807, 2.05) is 4.90 Å². The number of nitriles is 2. The Balaban J connectivity index is 1.20. The first-order chi connectivity index (χ1) is 23.7. The molecule has 1 aliphatic carbocycles. The lowest BCUT2D eigenvalue weighted by Crippen LogP contribution is -2.59. The van der Waals surface area contributed by atoms with E-state index in [0.717, 1.165) is 43.6 Å².